The van der Waals surface area contributed by atoms with E-state index in [1.54, 1.807) is 24.1 Å². The largest absolute Gasteiger partial charge is 0.493 e. The van der Waals surface area contributed by atoms with Crippen LogP contribution in [0.3, 0.4) is 0 Å². The summed E-state index contributed by atoms with van der Waals surface area (Å²) in [5.74, 6) is 0.912. The van der Waals surface area contributed by atoms with Crippen LogP contribution in [-0.4, -0.2) is 37.8 Å². The minimum atomic E-state index is -0.453. The van der Waals surface area contributed by atoms with Crippen molar-refractivity contribution in [3.63, 3.8) is 0 Å². The van der Waals surface area contributed by atoms with Gasteiger partial charge in [0.1, 0.15) is 12.4 Å². The first kappa shape index (κ1) is 24.1. The Morgan fingerprint density at radius 3 is 2.36 bits per heavy atom. The van der Waals surface area contributed by atoms with Crippen LogP contribution in [0.15, 0.2) is 72.8 Å². The Balaban J connectivity index is 1.57. The second-order valence-electron chi connectivity index (χ2n) is 7.46. The molecular formula is C26H29FN2O4. The van der Waals surface area contributed by atoms with Gasteiger partial charge in [0.05, 0.1) is 13.7 Å². The summed E-state index contributed by atoms with van der Waals surface area (Å²) in [5, 5.41) is 0. The van der Waals surface area contributed by atoms with Gasteiger partial charge in [0.2, 0.25) is 0 Å². The van der Waals surface area contributed by atoms with Crippen molar-refractivity contribution in [2.24, 2.45) is 5.73 Å². The first-order chi connectivity index (χ1) is 16.1. The van der Waals surface area contributed by atoms with E-state index >= 15 is 0 Å². The maximum Gasteiger partial charge on any atom is 0.410 e. The third kappa shape index (κ3) is 7.50. The Morgan fingerprint density at radius 1 is 0.939 bits per heavy atom. The van der Waals surface area contributed by atoms with E-state index in [9.17, 15) is 9.18 Å². The normalized spacial score (nSPS) is 10.5. The number of hydrogen-bond acceptors (Lipinski definition) is 5. The van der Waals surface area contributed by atoms with Crippen LogP contribution in [0, 0.1) is 5.82 Å². The summed E-state index contributed by atoms with van der Waals surface area (Å²) in [7, 11) is 1.58. The van der Waals surface area contributed by atoms with Gasteiger partial charge in [-0.15, -0.1) is 0 Å². The zero-order valence-electron chi connectivity index (χ0n) is 18.7. The highest BCUT2D eigenvalue weighted by Crippen LogP contribution is 2.29. The van der Waals surface area contributed by atoms with Crippen molar-refractivity contribution >= 4 is 6.09 Å². The minimum absolute atomic E-state index is 0.196. The first-order valence-electron chi connectivity index (χ1n) is 10.8. The number of amides is 1. The lowest BCUT2D eigenvalue weighted by Crippen LogP contribution is -2.35. The molecule has 0 saturated heterocycles. The highest BCUT2D eigenvalue weighted by atomic mass is 19.1. The van der Waals surface area contributed by atoms with Gasteiger partial charge in [-0.1, -0.05) is 48.5 Å². The molecule has 7 heteroatoms. The fourth-order valence-corrected chi connectivity index (χ4v) is 3.27. The Bertz CT molecular complexity index is 1010. The van der Waals surface area contributed by atoms with Gasteiger partial charge in [-0.3, -0.25) is 0 Å². The molecule has 0 aliphatic heterocycles. The maximum absolute atomic E-state index is 13.0. The molecule has 0 fully saturated rings. The number of nitrogens with zero attached hydrogens (tertiary/aromatic N) is 1. The predicted octanol–water partition coefficient (Wildman–Crippen LogP) is 4.55. The molecule has 0 radical (unpaired) electrons. The van der Waals surface area contributed by atoms with E-state index in [1.807, 2.05) is 48.5 Å². The molecule has 0 aliphatic carbocycles. The van der Waals surface area contributed by atoms with Crippen LogP contribution in [0.1, 0.15) is 16.7 Å². The highest BCUT2D eigenvalue weighted by Gasteiger charge is 2.16. The number of halogens is 1. The summed E-state index contributed by atoms with van der Waals surface area (Å²) in [4.78, 5) is 14.1. The third-order valence-corrected chi connectivity index (χ3v) is 5.03. The Morgan fingerprint density at radius 2 is 1.67 bits per heavy atom. The van der Waals surface area contributed by atoms with Crippen molar-refractivity contribution in [2.75, 3.05) is 26.8 Å². The zero-order valence-corrected chi connectivity index (χ0v) is 18.7. The summed E-state index contributed by atoms with van der Waals surface area (Å²) < 4.78 is 29.8. The van der Waals surface area contributed by atoms with Crippen LogP contribution in [0.2, 0.25) is 0 Å². The average Bonchev–Trinajstić information content (AvgIpc) is 2.84. The van der Waals surface area contributed by atoms with Gasteiger partial charge >= 0.3 is 6.09 Å². The van der Waals surface area contributed by atoms with Crippen molar-refractivity contribution in [1.29, 1.82) is 0 Å². The van der Waals surface area contributed by atoms with Crippen LogP contribution >= 0.6 is 0 Å². The van der Waals surface area contributed by atoms with Gasteiger partial charge in [0.25, 0.3) is 0 Å². The van der Waals surface area contributed by atoms with Crippen molar-refractivity contribution in [3.8, 4) is 11.5 Å². The van der Waals surface area contributed by atoms with Crippen LogP contribution in [0.4, 0.5) is 9.18 Å². The van der Waals surface area contributed by atoms with E-state index in [0.29, 0.717) is 44.2 Å². The molecular weight excluding hydrogens is 423 g/mol. The van der Waals surface area contributed by atoms with E-state index in [0.717, 1.165) is 16.7 Å². The summed E-state index contributed by atoms with van der Waals surface area (Å²) in [6, 6.07) is 21.6. The number of carbonyl (C=O) groups excluding carboxylic acids is 1. The van der Waals surface area contributed by atoms with Crippen LogP contribution in [-0.2, 0) is 24.3 Å². The number of methoxy groups -OCH3 is 1. The summed E-state index contributed by atoms with van der Waals surface area (Å²) in [5.41, 5.74) is 8.51. The zero-order chi connectivity index (χ0) is 23.5. The van der Waals surface area contributed by atoms with Gasteiger partial charge in [-0.25, -0.2) is 9.18 Å². The number of hydrogen-bond donors (Lipinski definition) is 1. The molecule has 3 rings (SSSR count). The molecule has 3 aromatic carbocycles. The lowest BCUT2D eigenvalue weighted by molar-refractivity contribution is 0.102. The minimum Gasteiger partial charge on any atom is -0.493 e. The standard InChI is InChI=1S/C26H29FN2O4/c1-31-25-17-22(9-12-24(25)33-19-21-5-3-2-4-6-21)18-29(15-14-28)26(30)32-16-13-20-7-10-23(27)11-8-20/h2-12,17H,13-16,18-19,28H2,1H3. The molecule has 0 spiro atoms. The van der Waals surface area contributed by atoms with Gasteiger partial charge in [0, 0.05) is 26.1 Å². The Labute approximate surface area is 193 Å². The second-order valence-corrected chi connectivity index (χ2v) is 7.46. The lowest BCUT2D eigenvalue weighted by atomic mass is 10.1. The third-order valence-electron chi connectivity index (χ3n) is 5.03. The summed E-state index contributed by atoms with van der Waals surface area (Å²) in [6.07, 6.45) is 0.0509. The number of rotatable bonds is 11. The Hall–Kier alpha value is -3.58. The van der Waals surface area contributed by atoms with E-state index in [1.165, 1.54) is 12.1 Å². The fraction of sp³-hybridized carbons (Fsp3) is 0.269. The molecule has 6 nitrogen and oxygen atoms in total. The maximum atomic E-state index is 13.0. The summed E-state index contributed by atoms with van der Waals surface area (Å²) in [6.45, 7) is 1.60. The monoisotopic (exact) mass is 452 g/mol. The Kier molecular flexibility index (Phi) is 9.08. The molecule has 2 N–H and O–H groups in total. The predicted molar refractivity (Wildman–Crippen MR) is 125 cm³/mol. The molecule has 0 saturated carbocycles. The molecule has 3 aromatic rings. The fourth-order valence-electron chi connectivity index (χ4n) is 3.27. The van der Waals surface area contributed by atoms with Gasteiger partial charge in [0.15, 0.2) is 11.5 Å². The molecule has 174 valence electrons. The van der Waals surface area contributed by atoms with Crippen molar-refractivity contribution in [3.05, 3.63) is 95.3 Å². The summed E-state index contributed by atoms with van der Waals surface area (Å²) >= 11 is 0. The van der Waals surface area contributed by atoms with E-state index in [2.05, 4.69) is 0 Å². The van der Waals surface area contributed by atoms with E-state index < -0.39 is 6.09 Å². The number of ether oxygens (including phenoxy) is 3. The SMILES string of the molecule is COc1cc(CN(CCN)C(=O)OCCc2ccc(F)cc2)ccc1OCc1ccccc1. The molecule has 0 atom stereocenters. The van der Waals surface area contributed by atoms with E-state index in [-0.39, 0.29) is 12.4 Å². The molecule has 1 amide bonds. The molecule has 33 heavy (non-hydrogen) atoms. The van der Waals surface area contributed by atoms with Crippen molar-refractivity contribution in [1.82, 2.24) is 4.90 Å². The lowest BCUT2D eigenvalue weighted by Gasteiger charge is -2.22. The van der Waals surface area contributed by atoms with Gasteiger partial charge in [-0.05, 0) is 41.0 Å². The van der Waals surface area contributed by atoms with Crippen LogP contribution in [0.5, 0.6) is 11.5 Å². The topological polar surface area (TPSA) is 74.0 Å². The van der Waals surface area contributed by atoms with Gasteiger partial charge < -0.3 is 24.8 Å². The molecule has 0 heterocycles. The van der Waals surface area contributed by atoms with Crippen molar-refractivity contribution < 1.29 is 23.4 Å². The van der Waals surface area contributed by atoms with Crippen LogP contribution < -0.4 is 15.2 Å². The highest BCUT2D eigenvalue weighted by molar-refractivity contribution is 5.67. The molecule has 0 aliphatic rings. The average molecular weight is 453 g/mol. The van der Waals surface area contributed by atoms with E-state index in [4.69, 9.17) is 19.9 Å². The molecule has 0 aromatic heterocycles. The number of carbonyl (C=O) groups is 1. The first-order valence-corrected chi connectivity index (χ1v) is 10.8. The van der Waals surface area contributed by atoms with Crippen molar-refractivity contribution in [2.45, 2.75) is 19.6 Å². The quantitative estimate of drug-likeness (QED) is 0.462. The second kappa shape index (κ2) is 12.5. The number of benzene rings is 3. The smallest absolute Gasteiger partial charge is 0.410 e. The van der Waals surface area contributed by atoms with Crippen LogP contribution in [0.25, 0.3) is 0 Å². The molecule has 0 bridgehead atoms. The number of nitrogens with two attached hydrogens (primary N) is 1. The van der Waals surface area contributed by atoms with Gasteiger partial charge in [-0.2, -0.15) is 0 Å². The molecule has 0 unspecified atom stereocenters.